The second kappa shape index (κ2) is 8.00. The molecule has 1 aromatic carbocycles. The highest BCUT2D eigenvalue weighted by Gasteiger charge is 2.39. The number of carbonyl (C=O) groups is 1. The molecule has 1 atom stereocenters. The lowest BCUT2D eigenvalue weighted by atomic mass is 9.78. The molecular formula is C26H23N7O. The molecule has 168 valence electrons. The second-order valence-corrected chi connectivity index (χ2v) is 8.77. The maximum atomic E-state index is 13.4. The molecule has 0 fully saturated rings. The van der Waals surface area contributed by atoms with Crippen molar-refractivity contribution in [2.45, 2.75) is 6.42 Å². The number of H-pyrrole nitrogens is 1. The maximum absolute atomic E-state index is 13.4. The van der Waals surface area contributed by atoms with E-state index in [-0.39, 0.29) is 11.6 Å². The standard InChI is InChI=1S/C26H23N7O/c1-33-11-7-15(8-12-33)18-13-19(17-3-2-4-21-20(17)14-29-32-21)23(27)22-24(18)30-25(31-26(22)34)16-5-9-28-10-6-16/h2-7,9-10,13-14,22,27H,8,11-12H2,1H3,(H,29,32)(H,30,31,34). The number of rotatable bonds is 3. The van der Waals surface area contributed by atoms with Crippen LogP contribution in [-0.4, -0.2) is 57.7 Å². The Bertz CT molecular complexity index is 1460. The first-order chi connectivity index (χ1) is 16.6. The summed E-state index contributed by atoms with van der Waals surface area (Å²) in [5.74, 6) is -0.521. The maximum Gasteiger partial charge on any atom is 0.240 e. The van der Waals surface area contributed by atoms with Gasteiger partial charge in [-0.3, -0.25) is 14.9 Å². The molecule has 2 aromatic heterocycles. The summed E-state index contributed by atoms with van der Waals surface area (Å²) < 4.78 is 0. The minimum atomic E-state index is -0.775. The van der Waals surface area contributed by atoms with Crippen LogP contribution < -0.4 is 5.32 Å². The van der Waals surface area contributed by atoms with Gasteiger partial charge in [-0.1, -0.05) is 18.2 Å². The van der Waals surface area contributed by atoms with Crippen molar-refractivity contribution in [3.63, 3.8) is 0 Å². The molecule has 3 aliphatic rings. The molecule has 8 nitrogen and oxygen atoms in total. The fraction of sp³-hybridized carbons (Fsp3) is 0.192. The minimum absolute atomic E-state index is 0.238. The molecular weight excluding hydrogens is 426 g/mol. The van der Waals surface area contributed by atoms with E-state index in [9.17, 15) is 4.79 Å². The number of amides is 1. The number of benzene rings is 1. The molecule has 0 saturated heterocycles. The van der Waals surface area contributed by atoms with E-state index >= 15 is 0 Å². The van der Waals surface area contributed by atoms with Crippen molar-refractivity contribution in [2.24, 2.45) is 10.9 Å². The normalized spacial score (nSPS) is 21.1. The smallest absolute Gasteiger partial charge is 0.240 e. The van der Waals surface area contributed by atoms with Gasteiger partial charge < -0.3 is 15.6 Å². The zero-order valence-corrected chi connectivity index (χ0v) is 18.7. The van der Waals surface area contributed by atoms with Crippen LogP contribution in [0.3, 0.4) is 0 Å². The molecule has 34 heavy (non-hydrogen) atoms. The van der Waals surface area contributed by atoms with Gasteiger partial charge in [-0.25, -0.2) is 4.99 Å². The first-order valence-electron chi connectivity index (χ1n) is 11.2. The van der Waals surface area contributed by atoms with Crippen LogP contribution >= 0.6 is 0 Å². The second-order valence-electron chi connectivity index (χ2n) is 8.77. The van der Waals surface area contributed by atoms with Crippen LogP contribution in [0.4, 0.5) is 0 Å². The summed E-state index contributed by atoms with van der Waals surface area (Å²) in [6.45, 7) is 1.76. The van der Waals surface area contributed by atoms with Crippen molar-refractivity contribution >= 4 is 33.9 Å². The summed E-state index contributed by atoms with van der Waals surface area (Å²) in [6.07, 6.45) is 10.2. The monoisotopic (exact) mass is 449 g/mol. The zero-order valence-electron chi connectivity index (χ0n) is 18.7. The van der Waals surface area contributed by atoms with Gasteiger partial charge in [0.15, 0.2) is 0 Å². The summed E-state index contributed by atoms with van der Waals surface area (Å²) in [5.41, 5.74) is 6.28. The Morgan fingerprint density at radius 2 is 2.03 bits per heavy atom. The zero-order chi connectivity index (χ0) is 23.2. The van der Waals surface area contributed by atoms with E-state index in [0.717, 1.165) is 58.3 Å². The molecule has 0 radical (unpaired) electrons. The van der Waals surface area contributed by atoms with Crippen LogP contribution in [0.1, 0.15) is 17.5 Å². The fourth-order valence-corrected chi connectivity index (χ4v) is 4.81. The Hall–Kier alpha value is -4.17. The number of aliphatic imine (C=N–C) groups is 1. The van der Waals surface area contributed by atoms with E-state index in [4.69, 9.17) is 10.4 Å². The largest absolute Gasteiger partial charge is 0.309 e. The van der Waals surface area contributed by atoms with Crippen molar-refractivity contribution in [1.82, 2.24) is 25.4 Å². The van der Waals surface area contributed by atoms with Crippen LogP contribution in [0.15, 0.2) is 82.9 Å². The average molecular weight is 450 g/mol. The number of pyridine rings is 1. The van der Waals surface area contributed by atoms with E-state index in [1.807, 2.05) is 36.4 Å². The SMILES string of the molecule is CN1CC=C(C2=C3N=C(c4ccncc4)NC(=O)C3C(=N)C(c3cccc4[nH]ncc34)=C2)CC1. The van der Waals surface area contributed by atoms with Gasteiger partial charge in [0.2, 0.25) is 5.91 Å². The first kappa shape index (κ1) is 20.4. The van der Waals surface area contributed by atoms with Crippen molar-refractivity contribution in [2.75, 3.05) is 20.1 Å². The Kier molecular flexibility index (Phi) is 4.81. The molecule has 0 spiro atoms. The number of allylic oxidation sites excluding steroid dienone is 3. The van der Waals surface area contributed by atoms with Crippen LogP contribution in [0, 0.1) is 11.3 Å². The van der Waals surface area contributed by atoms with E-state index in [1.165, 1.54) is 0 Å². The minimum Gasteiger partial charge on any atom is -0.309 e. The molecule has 1 unspecified atom stereocenters. The lowest BCUT2D eigenvalue weighted by Crippen LogP contribution is -2.45. The summed E-state index contributed by atoms with van der Waals surface area (Å²) >= 11 is 0. The third-order valence-corrected chi connectivity index (χ3v) is 6.64. The Labute approximate surface area is 196 Å². The summed E-state index contributed by atoms with van der Waals surface area (Å²) in [6, 6.07) is 9.53. The van der Waals surface area contributed by atoms with Crippen LogP contribution in [0.5, 0.6) is 0 Å². The van der Waals surface area contributed by atoms with Gasteiger partial charge in [0, 0.05) is 47.6 Å². The topological polar surface area (TPSA) is 110 Å². The van der Waals surface area contributed by atoms with Crippen molar-refractivity contribution < 1.29 is 4.79 Å². The highest BCUT2D eigenvalue weighted by atomic mass is 16.2. The van der Waals surface area contributed by atoms with E-state index < -0.39 is 5.92 Å². The Balaban J connectivity index is 1.58. The van der Waals surface area contributed by atoms with Crippen molar-refractivity contribution in [3.8, 4) is 0 Å². The average Bonchev–Trinajstić information content (AvgIpc) is 3.35. The highest BCUT2D eigenvalue weighted by Crippen LogP contribution is 2.40. The lowest BCUT2D eigenvalue weighted by Gasteiger charge is -2.33. The highest BCUT2D eigenvalue weighted by molar-refractivity contribution is 6.34. The van der Waals surface area contributed by atoms with Gasteiger partial charge in [-0.05, 0) is 48.9 Å². The number of carbonyl (C=O) groups excluding carboxylic acids is 1. The molecule has 0 bridgehead atoms. The molecule has 0 saturated carbocycles. The quantitative estimate of drug-likeness (QED) is 0.571. The number of aromatic amines is 1. The number of hydrogen-bond acceptors (Lipinski definition) is 6. The lowest BCUT2D eigenvalue weighted by molar-refractivity contribution is -0.121. The molecule has 1 amide bonds. The molecule has 8 heteroatoms. The summed E-state index contributed by atoms with van der Waals surface area (Å²) in [5, 5.41) is 20.1. The van der Waals surface area contributed by atoms with Gasteiger partial charge in [0.05, 0.1) is 23.1 Å². The van der Waals surface area contributed by atoms with E-state index in [0.29, 0.717) is 11.5 Å². The van der Waals surface area contributed by atoms with Crippen LogP contribution in [-0.2, 0) is 4.79 Å². The number of nitrogens with one attached hydrogen (secondary N) is 3. The summed E-state index contributed by atoms with van der Waals surface area (Å²) in [7, 11) is 2.10. The number of hydrogen-bond donors (Lipinski definition) is 3. The fourth-order valence-electron chi connectivity index (χ4n) is 4.81. The van der Waals surface area contributed by atoms with Gasteiger partial charge in [-0.2, -0.15) is 5.10 Å². The number of fused-ring (bicyclic) bond motifs is 2. The van der Waals surface area contributed by atoms with Gasteiger partial charge in [-0.15, -0.1) is 0 Å². The van der Waals surface area contributed by atoms with Gasteiger partial charge in [0.1, 0.15) is 11.8 Å². The molecule has 4 heterocycles. The van der Waals surface area contributed by atoms with Crippen molar-refractivity contribution in [1.29, 1.82) is 5.41 Å². The number of aromatic nitrogens is 3. The molecule has 1 aliphatic carbocycles. The number of amidine groups is 1. The predicted molar refractivity (Wildman–Crippen MR) is 131 cm³/mol. The molecule has 3 N–H and O–H groups in total. The van der Waals surface area contributed by atoms with Crippen molar-refractivity contribution in [3.05, 3.63) is 89.0 Å². The molecule has 2 aliphatic heterocycles. The third kappa shape index (κ3) is 3.31. The predicted octanol–water partition coefficient (Wildman–Crippen LogP) is 3.08. The van der Waals surface area contributed by atoms with Gasteiger partial charge in [0.25, 0.3) is 0 Å². The summed E-state index contributed by atoms with van der Waals surface area (Å²) in [4.78, 5) is 24.7. The Morgan fingerprint density at radius 3 is 2.82 bits per heavy atom. The third-order valence-electron chi connectivity index (χ3n) is 6.64. The molecule has 6 rings (SSSR count). The first-order valence-corrected chi connectivity index (χ1v) is 11.2. The van der Waals surface area contributed by atoms with E-state index in [1.54, 1.807) is 18.6 Å². The van der Waals surface area contributed by atoms with E-state index in [2.05, 4.69) is 38.5 Å². The molecule has 3 aromatic rings. The number of nitrogens with zero attached hydrogens (tertiary/aromatic N) is 4. The van der Waals surface area contributed by atoms with Gasteiger partial charge >= 0.3 is 0 Å². The van der Waals surface area contributed by atoms with Crippen LogP contribution in [0.25, 0.3) is 16.5 Å². The Morgan fingerprint density at radius 1 is 1.18 bits per heavy atom. The number of likely N-dealkylation sites (N-methyl/N-ethyl adjacent to an activating group) is 1. The van der Waals surface area contributed by atoms with Crippen LogP contribution in [0.2, 0.25) is 0 Å².